The summed E-state index contributed by atoms with van der Waals surface area (Å²) in [5.41, 5.74) is 0. The lowest BCUT2D eigenvalue weighted by Gasteiger charge is -2.04. The van der Waals surface area contributed by atoms with Crippen molar-refractivity contribution in [1.82, 2.24) is 4.98 Å². The third-order valence-electron chi connectivity index (χ3n) is 1.84. The van der Waals surface area contributed by atoms with E-state index in [9.17, 15) is 14.7 Å². The Kier molecular flexibility index (Phi) is 4.26. The van der Waals surface area contributed by atoms with E-state index in [1.165, 1.54) is 18.3 Å². The molecule has 16 heavy (non-hydrogen) atoms. The summed E-state index contributed by atoms with van der Waals surface area (Å²) in [5, 5.41) is 20.1. The molecule has 0 atom stereocenters. The second-order valence-corrected chi connectivity index (χ2v) is 3.17. The number of hydrogen-bond donors (Lipinski definition) is 3. The van der Waals surface area contributed by atoms with E-state index in [1.54, 1.807) is 0 Å². The maximum Gasteiger partial charge on any atom is 0.303 e. The molecule has 1 aromatic heterocycles. The van der Waals surface area contributed by atoms with Crippen LogP contribution in [0.25, 0.3) is 0 Å². The molecule has 0 fully saturated rings. The minimum atomic E-state index is -0.937. The lowest BCUT2D eigenvalue weighted by molar-refractivity contribution is -0.137. The standard InChI is InChI=1S/C10H12N2O4/c13-7-3-2-6-11-10(7)12-8(14)4-1-5-9(15)16/h2-3,6,13H,1,4-5H2,(H,15,16)(H,11,12,14). The molecule has 0 unspecified atom stereocenters. The van der Waals surface area contributed by atoms with Crippen molar-refractivity contribution in [3.63, 3.8) is 0 Å². The largest absolute Gasteiger partial charge is 0.504 e. The number of amides is 1. The molecule has 3 N–H and O–H groups in total. The number of anilines is 1. The van der Waals surface area contributed by atoms with Gasteiger partial charge in [0.2, 0.25) is 5.91 Å². The first kappa shape index (κ1) is 12.0. The number of nitrogens with zero attached hydrogens (tertiary/aromatic N) is 1. The van der Waals surface area contributed by atoms with E-state index in [-0.39, 0.29) is 36.7 Å². The minimum Gasteiger partial charge on any atom is -0.504 e. The summed E-state index contributed by atoms with van der Waals surface area (Å²) in [6.45, 7) is 0. The minimum absolute atomic E-state index is 0.0539. The van der Waals surface area contributed by atoms with Crippen molar-refractivity contribution in [2.45, 2.75) is 19.3 Å². The van der Waals surface area contributed by atoms with Crippen LogP contribution in [-0.2, 0) is 9.59 Å². The van der Waals surface area contributed by atoms with Crippen molar-refractivity contribution in [3.05, 3.63) is 18.3 Å². The van der Waals surface area contributed by atoms with Crippen molar-refractivity contribution in [2.24, 2.45) is 0 Å². The Hall–Kier alpha value is -2.11. The van der Waals surface area contributed by atoms with Gasteiger partial charge < -0.3 is 15.5 Å². The van der Waals surface area contributed by atoms with E-state index in [0.29, 0.717) is 0 Å². The number of aromatic hydroxyl groups is 1. The van der Waals surface area contributed by atoms with E-state index in [4.69, 9.17) is 5.11 Å². The highest BCUT2D eigenvalue weighted by molar-refractivity contribution is 5.91. The Morgan fingerprint density at radius 3 is 2.75 bits per heavy atom. The Bertz CT molecular complexity index is 392. The van der Waals surface area contributed by atoms with E-state index in [1.807, 2.05) is 0 Å². The van der Waals surface area contributed by atoms with Gasteiger partial charge in [0.1, 0.15) is 0 Å². The maximum absolute atomic E-state index is 11.3. The van der Waals surface area contributed by atoms with Crippen LogP contribution in [0.2, 0.25) is 0 Å². The topological polar surface area (TPSA) is 99.5 Å². The van der Waals surface area contributed by atoms with Gasteiger partial charge in [-0.2, -0.15) is 0 Å². The highest BCUT2D eigenvalue weighted by atomic mass is 16.4. The molecule has 0 saturated heterocycles. The number of hydrogen-bond acceptors (Lipinski definition) is 4. The molecule has 6 heteroatoms. The Labute approximate surface area is 91.9 Å². The molecule has 0 bridgehead atoms. The molecule has 0 spiro atoms. The van der Waals surface area contributed by atoms with Gasteiger partial charge in [-0.25, -0.2) is 4.98 Å². The monoisotopic (exact) mass is 224 g/mol. The first-order valence-electron chi connectivity index (χ1n) is 4.75. The van der Waals surface area contributed by atoms with Crippen molar-refractivity contribution in [3.8, 4) is 5.75 Å². The van der Waals surface area contributed by atoms with Gasteiger partial charge in [-0.1, -0.05) is 0 Å². The van der Waals surface area contributed by atoms with E-state index in [0.717, 1.165) is 0 Å². The fourth-order valence-electron chi connectivity index (χ4n) is 1.09. The summed E-state index contributed by atoms with van der Waals surface area (Å²) in [5.74, 6) is -1.33. The molecule has 0 aliphatic rings. The number of rotatable bonds is 5. The summed E-state index contributed by atoms with van der Waals surface area (Å²) in [6, 6.07) is 2.94. The van der Waals surface area contributed by atoms with Gasteiger partial charge in [-0.15, -0.1) is 0 Å². The van der Waals surface area contributed by atoms with Gasteiger partial charge in [0, 0.05) is 19.0 Å². The van der Waals surface area contributed by atoms with Crippen LogP contribution in [0.15, 0.2) is 18.3 Å². The second kappa shape index (κ2) is 5.69. The fraction of sp³-hybridized carbons (Fsp3) is 0.300. The van der Waals surface area contributed by atoms with Crippen molar-refractivity contribution >= 4 is 17.7 Å². The lowest BCUT2D eigenvalue weighted by atomic mass is 10.2. The molecule has 1 rings (SSSR count). The van der Waals surface area contributed by atoms with Crippen LogP contribution < -0.4 is 5.32 Å². The third kappa shape index (κ3) is 3.95. The van der Waals surface area contributed by atoms with Gasteiger partial charge in [0.25, 0.3) is 0 Å². The molecular formula is C10H12N2O4. The van der Waals surface area contributed by atoms with Crippen LogP contribution in [0, 0.1) is 0 Å². The number of carboxylic acid groups (broad SMARTS) is 1. The molecule has 0 aromatic carbocycles. The summed E-state index contributed by atoms with van der Waals surface area (Å²) in [4.78, 5) is 25.3. The molecule has 1 aromatic rings. The van der Waals surface area contributed by atoms with Gasteiger partial charge in [-0.05, 0) is 18.6 Å². The highest BCUT2D eigenvalue weighted by Crippen LogP contribution is 2.18. The molecule has 1 amide bonds. The number of pyridine rings is 1. The Morgan fingerprint density at radius 2 is 2.12 bits per heavy atom. The average Bonchev–Trinajstić information content (AvgIpc) is 2.21. The summed E-state index contributed by atoms with van der Waals surface area (Å²) in [7, 11) is 0. The first-order valence-corrected chi connectivity index (χ1v) is 4.75. The van der Waals surface area contributed by atoms with Crippen LogP contribution >= 0.6 is 0 Å². The molecule has 86 valence electrons. The number of aromatic nitrogens is 1. The highest BCUT2D eigenvalue weighted by Gasteiger charge is 2.07. The molecule has 6 nitrogen and oxygen atoms in total. The van der Waals surface area contributed by atoms with Crippen LogP contribution in [0.4, 0.5) is 5.82 Å². The fourth-order valence-corrected chi connectivity index (χ4v) is 1.09. The van der Waals surface area contributed by atoms with Crippen LogP contribution in [-0.4, -0.2) is 27.1 Å². The first-order chi connectivity index (χ1) is 7.59. The third-order valence-corrected chi connectivity index (χ3v) is 1.84. The SMILES string of the molecule is O=C(O)CCCC(=O)Nc1ncccc1O. The van der Waals surface area contributed by atoms with E-state index >= 15 is 0 Å². The molecule has 0 saturated carbocycles. The number of carboxylic acids is 1. The van der Waals surface area contributed by atoms with Gasteiger partial charge in [-0.3, -0.25) is 9.59 Å². The molecule has 1 heterocycles. The van der Waals surface area contributed by atoms with E-state index in [2.05, 4.69) is 10.3 Å². The lowest BCUT2D eigenvalue weighted by Crippen LogP contribution is -2.12. The van der Waals surface area contributed by atoms with Crippen molar-refractivity contribution in [1.29, 1.82) is 0 Å². The Balaban J connectivity index is 2.40. The Morgan fingerprint density at radius 1 is 1.38 bits per heavy atom. The summed E-state index contributed by atoms with van der Waals surface area (Å²) in [6.07, 6.45) is 1.73. The van der Waals surface area contributed by atoms with Crippen LogP contribution in [0.5, 0.6) is 5.75 Å². The number of carbonyl (C=O) groups is 2. The smallest absolute Gasteiger partial charge is 0.303 e. The zero-order chi connectivity index (χ0) is 12.0. The second-order valence-electron chi connectivity index (χ2n) is 3.17. The number of nitrogens with one attached hydrogen (secondary N) is 1. The quantitative estimate of drug-likeness (QED) is 0.692. The predicted molar refractivity (Wildman–Crippen MR) is 56.0 cm³/mol. The van der Waals surface area contributed by atoms with Gasteiger partial charge in [0.15, 0.2) is 11.6 Å². The van der Waals surface area contributed by atoms with Gasteiger partial charge >= 0.3 is 5.97 Å². The molecule has 0 aliphatic heterocycles. The maximum atomic E-state index is 11.3. The number of carbonyl (C=O) groups excluding carboxylic acids is 1. The number of aliphatic carboxylic acids is 1. The van der Waals surface area contributed by atoms with Crippen LogP contribution in [0.1, 0.15) is 19.3 Å². The predicted octanol–water partition coefficient (Wildman–Crippen LogP) is 0.981. The molecule has 0 aliphatic carbocycles. The normalized spacial score (nSPS) is 9.75. The van der Waals surface area contributed by atoms with Crippen molar-refractivity contribution in [2.75, 3.05) is 5.32 Å². The molecular weight excluding hydrogens is 212 g/mol. The van der Waals surface area contributed by atoms with Gasteiger partial charge in [0.05, 0.1) is 0 Å². The van der Waals surface area contributed by atoms with Crippen LogP contribution in [0.3, 0.4) is 0 Å². The zero-order valence-electron chi connectivity index (χ0n) is 8.51. The zero-order valence-corrected chi connectivity index (χ0v) is 8.51. The van der Waals surface area contributed by atoms with E-state index < -0.39 is 5.97 Å². The van der Waals surface area contributed by atoms with Crippen molar-refractivity contribution < 1.29 is 19.8 Å². The average molecular weight is 224 g/mol. The molecule has 0 radical (unpaired) electrons. The summed E-state index contributed by atoms with van der Waals surface area (Å²) >= 11 is 0. The summed E-state index contributed by atoms with van der Waals surface area (Å²) < 4.78 is 0.